The summed E-state index contributed by atoms with van der Waals surface area (Å²) in [4.78, 5) is 0. The van der Waals surface area contributed by atoms with Crippen molar-refractivity contribution in [3.63, 3.8) is 0 Å². The molecule has 0 saturated heterocycles. The molecule has 2 aromatic carbocycles. The maximum Gasteiger partial charge on any atom is 0.00510 e. The average Bonchev–Trinajstić information content (AvgIpc) is 2.44. The molecule has 0 aliphatic heterocycles. The summed E-state index contributed by atoms with van der Waals surface area (Å²) in [6, 6.07) is 17.3. The van der Waals surface area contributed by atoms with Crippen LogP contribution in [0.5, 0.6) is 0 Å². The standard InChI is InChI=1S/2C10H15N/c2*1-8-5-3-4-6-10(8)7-9(2)11/h2*3-6,9H,7,11H2,1-2H3. The van der Waals surface area contributed by atoms with Crippen LogP contribution in [0.4, 0.5) is 0 Å². The topological polar surface area (TPSA) is 52.0 Å². The van der Waals surface area contributed by atoms with Gasteiger partial charge in [-0.15, -0.1) is 0 Å². The van der Waals surface area contributed by atoms with Gasteiger partial charge in [0.25, 0.3) is 0 Å². The Balaban J connectivity index is 0.000000220. The third-order valence-electron chi connectivity index (χ3n) is 3.61. The molecule has 0 aromatic heterocycles. The maximum atomic E-state index is 5.69. The minimum absolute atomic E-state index is 0.260. The predicted octanol–water partition coefficient (Wildman–Crippen LogP) is 3.77. The lowest BCUT2D eigenvalue weighted by molar-refractivity contribution is 0.734. The highest BCUT2D eigenvalue weighted by Crippen LogP contribution is 2.09. The van der Waals surface area contributed by atoms with Gasteiger partial charge in [0.2, 0.25) is 0 Å². The van der Waals surface area contributed by atoms with Crippen LogP contribution < -0.4 is 11.5 Å². The Morgan fingerprint density at radius 2 is 1.00 bits per heavy atom. The first-order valence-electron chi connectivity index (χ1n) is 8.00. The molecule has 4 N–H and O–H groups in total. The molecule has 0 radical (unpaired) electrons. The lowest BCUT2D eigenvalue weighted by atomic mass is 10.0. The molecule has 2 atom stereocenters. The van der Waals surface area contributed by atoms with Crippen molar-refractivity contribution in [2.75, 3.05) is 0 Å². The highest BCUT2D eigenvalue weighted by Gasteiger charge is 1.99. The smallest absolute Gasteiger partial charge is 0.00510 e. The number of nitrogens with two attached hydrogens (primary N) is 2. The van der Waals surface area contributed by atoms with Crippen LogP contribution in [0.3, 0.4) is 0 Å². The second-order valence-electron chi connectivity index (χ2n) is 6.22. The highest BCUT2D eigenvalue weighted by molar-refractivity contribution is 5.26. The Bertz CT molecular complexity index is 508. The molecule has 0 aliphatic carbocycles. The Kier molecular flexibility index (Phi) is 7.86. The van der Waals surface area contributed by atoms with E-state index in [0.29, 0.717) is 0 Å². The molecule has 2 unspecified atom stereocenters. The van der Waals surface area contributed by atoms with Crippen LogP contribution in [0.15, 0.2) is 48.5 Å². The molecule has 0 fully saturated rings. The van der Waals surface area contributed by atoms with Crippen LogP contribution in [0.2, 0.25) is 0 Å². The molecular formula is C20H30N2. The Morgan fingerprint density at radius 3 is 1.27 bits per heavy atom. The number of hydrogen-bond donors (Lipinski definition) is 2. The first kappa shape index (κ1) is 18.4. The van der Waals surface area contributed by atoms with Crippen LogP contribution in [0.25, 0.3) is 0 Å². The van der Waals surface area contributed by atoms with Crippen molar-refractivity contribution in [1.82, 2.24) is 0 Å². The second-order valence-corrected chi connectivity index (χ2v) is 6.22. The molecule has 0 aliphatic rings. The van der Waals surface area contributed by atoms with Crippen molar-refractivity contribution < 1.29 is 0 Å². The first-order valence-corrected chi connectivity index (χ1v) is 8.00. The van der Waals surface area contributed by atoms with Crippen LogP contribution in [0.1, 0.15) is 36.1 Å². The van der Waals surface area contributed by atoms with Crippen molar-refractivity contribution in [3.8, 4) is 0 Å². The van der Waals surface area contributed by atoms with Gasteiger partial charge >= 0.3 is 0 Å². The zero-order chi connectivity index (χ0) is 16.5. The normalized spacial score (nSPS) is 13.0. The van der Waals surface area contributed by atoms with E-state index in [-0.39, 0.29) is 12.1 Å². The molecule has 2 heteroatoms. The van der Waals surface area contributed by atoms with Crippen molar-refractivity contribution in [2.45, 2.75) is 52.6 Å². The zero-order valence-corrected chi connectivity index (χ0v) is 14.3. The van der Waals surface area contributed by atoms with Gasteiger partial charge in [-0.1, -0.05) is 48.5 Å². The fourth-order valence-electron chi connectivity index (χ4n) is 2.37. The van der Waals surface area contributed by atoms with E-state index in [1.165, 1.54) is 22.3 Å². The predicted molar refractivity (Wildman–Crippen MR) is 97.1 cm³/mol. The first-order chi connectivity index (χ1) is 10.4. The van der Waals surface area contributed by atoms with Crippen molar-refractivity contribution in [3.05, 3.63) is 70.8 Å². The third kappa shape index (κ3) is 6.88. The van der Waals surface area contributed by atoms with Gasteiger partial charge in [0.05, 0.1) is 0 Å². The summed E-state index contributed by atoms with van der Waals surface area (Å²) in [5.41, 5.74) is 16.8. The summed E-state index contributed by atoms with van der Waals surface area (Å²) < 4.78 is 0. The number of hydrogen-bond acceptors (Lipinski definition) is 2. The maximum absolute atomic E-state index is 5.69. The largest absolute Gasteiger partial charge is 0.328 e. The van der Waals surface area contributed by atoms with E-state index in [0.717, 1.165) is 12.8 Å². The summed E-state index contributed by atoms with van der Waals surface area (Å²) in [6.45, 7) is 8.31. The van der Waals surface area contributed by atoms with E-state index >= 15 is 0 Å². The highest BCUT2D eigenvalue weighted by atomic mass is 14.6. The average molecular weight is 298 g/mol. The lowest BCUT2D eigenvalue weighted by Gasteiger charge is -2.07. The second kappa shape index (κ2) is 9.39. The van der Waals surface area contributed by atoms with Crippen molar-refractivity contribution in [1.29, 1.82) is 0 Å². The lowest BCUT2D eigenvalue weighted by Crippen LogP contribution is -2.18. The molecule has 2 rings (SSSR count). The summed E-state index contributed by atoms with van der Waals surface area (Å²) in [7, 11) is 0. The molecule has 120 valence electrons. The fourth-order valence-corrected chi connectivity index (χ4v) is 2.37. The number of rotatable bonds is 4. The van der Waals surface area contributed by atoms with Crippen LogP contribution >= 0.6 is 0 Å². The molecule has 0 spiro atoms. The van der Waals surface area contributed by atoms with Gasteiger partial charge in [-0.2, -0.15) is 0 Å². The SMILES string of the molecule is Cc1ccccc1CC(C)N.Cc1ccccc1CC(C)N. The molecular weight excluding hydrogens is 268 g/mol. The van der Waals surface area contributed by atoms with Crippen LogP contribution in [0, 0.1) is 13.8 Å². The van der Waals surface area contributed by atoms with Gasteiger partial charge in [0, 0.05) is 12.1 Å². The summed E-state index contributed by atoms with van der Waals surface area (Å²) in [5, 5.41) is 0. The zero-order valence-electron chi connectivity index (χ0n) is 14.3. The number of aryl methyl sites for hydroxylation is 2. The minimum atomic E-state index is 0.260. The van der Waals surface area contributed by atoms with Crippen molar-refractivity contribution in [2.24, 2.45) is 11.5 Å². The van der Waals surface area contributed by atoms with E-state index in [1.54, 1.807) is 0 Å². The van der Waals surface area contributed by atoms with E-state index in [1.807, 2.05) is 13.8 Å². The van der Waals surface area contributed by atoms with E-state index in [2.05, 4.69) is 62.4 Å². The van der Waals surface area contributed by atoms with E-state index in [9.17, 15) is 0 Å². The summed E-state index contributed by atoms with van der Waals surface area (Å²) in [6.07, 6.45) is 1.96. The van der Waals surface area contributed by atoms with Gasteiger partial charge in [0.1, 0.15) is 0 Å². The van der Waals surface area contributed by atoms with E-state index in [4.69, 9.17) is 11.5 Å². The quantitative estimate of drug-likeness (QED) is 0.902. The summed E-state index contributed by atoms with van der Waals surface area (Å²) >= 11 is 0. The van der Waals surface area contributed by atoms with Crippen LogP contribution in [-0.2, 0) is 12.8 Å². The number of benzene rings is 2. The monoisotopic (exact) mass is 298 g/mol. The molecule has 2 aromatic rings. The van der Waals surface area contributed by atoms with E-state index < -0.39 is 0 Å². The van der Waals surface area contributed by atoms with Crippen LogP contribution in [-0.4, -0.2) is 12.1 Å². The van der Waals surface area contributed by atoms with Gasteiger partial charge in [-0.3, -0.25) is 0 Å². The van der Waals surface area contributed by atoms with Gasteiger partial charge in [-0.25, -0.2) is 0 Å². The Hall–Kier alpha value is -1.64. The Labute approximate surface area is 135 Å². The molecule has 0 bridgehead atoms. The minimum Gasteiger partial charge on any atom is -0.328 e. The van der Waals surface area contributed by atoms with Gasteiger partial charge in [-0.05, 0) is 62.8 Å². The molecule has 0 amide bonds. The van der Waals surface area contributed by atoms with Gasteiger partial charge < -0.3 is 11.5 Å². The molecule has 22 heavy (non-hydrogen) atoms. The Morgan fingerprint density at radius 1 is 0.682 bits per heavy atom. The fraction of sp³-hybridized carbons (Fsp3) is 0.400. The molecule has 0 heterocycles. The summed E-state index contributed by atoms with van der Waals surface area (Å²) in [5.74, 6) is 0. The van der Waals surface area contributed by atoms with Crippen molar-refractivity contribution >= 4 is 0 Å². The molecule has 0 saturated carbocycles. The molecule has 2 nitrogen and oxygen atoms in total. The third-order valence-corrected chi connectivity index (χ3v) is 3.61. The van der Waals surface area contributed by atoms with Gasteiger partial charge in [0.15, 0.2) is 0 Å².